The molecule has 1 aliphatic rings. The SMILES string of the molecule is CC(C)(C)C(=O)Nc1ccc(C(=O)CN2C(=O)NC(c3ccccc3)(c3ccccc3)C2=O)cc1. The fourth-order valence-electron chi connectivity index (χ4n) is 3.95. The van der Waals surface area contributed by atoms with Gasteiger partial charge in [-0.2, -0.15) is 0 Å². The van der Waals surface area contributed by atoms with Gasteiger partial charge in [0.1, 0.15) is 0 Å². The van der Waals surface area contributed by atoms with Gasteiger partial charge in [-0.3, -0.25) is 19.3 Å². The quantitative estimate of drug-likeness (QED) is 0.414. The Bertz CT molecular complexity index is 1220. The van der Waals surface area contributed by atoms with Crippen LogP contribution in [0.5, 0.6) is 0 Å². The molecule has 178 valence electrons. The van der Waals surface area contributed by atoms with Crippen LogP contribution in [-0.2, 0) is 15.1 Å². The third-order valence-corrected chi connectivity index (χ3v) is 5.97. The summed E-state index contributed by atoms with van der Waals surface area (Å²) in [6, 6.07) is 23.7. The molecule has 0 radical (unpaired) electrons. The van der Waals surface area contributed by atoms with Crippen LogP contribution in [0.4, 0.5) is 10.5 Å². The van der Waals surface area contributed by atoms with Gasteiger partial charge in [-0.25, -0.2) is 4.79 Å². The van der Waals surface area contributed by atoms with Gasteiger partial charge in [-0.05, 0) is 35.4 Å². The van der Waals surface area contributed by atoms with Gasteiger partial charge < -0.3 is 10.6 Å². The third-order valence-electron chi connectivity index (χ3n) is 5.97. The van der Waals surface area contributed by atoms with E-state index < -0.39 is 29.4 Å². The fourth-order valence-corrected chi connectivity index (χ4v) is 3.95. The molecule has 1 fully saturated rings. The van der Waals surface area contributed by atoms with Crippen molar-refractivity contribution in [3.8, 4) is 0 Å². The van der Waals surface area contributed by atoms with Crippen LogP contribution >= 0.6 is 0 Å². The highest BCUT2D eigenvalue weighted by molar-refractivity contribution is 6.13. The average molecular weight is 470 g/mol. The van der Waals surface area contributed by atoms with E-state index in [-0.39, 0.29) is 11.7 Å². The van der Waals surface area contributed by atoms with Crippen LogP contribution in [0.15, 0.2) is 84.9 Å². The van der Waals surface area contributed by atoms with Gasteiger partial charge in [0.25, 0.3) is 5.91 Å². The molecule has 0 atom stereocenters. The van der Waals surface area contributed by atoms with Crippen LogP contribution < -0.4 is 10.6 Å². The second-order valence-electron chi connectivity index (χ2n) is 9.51. The summed E-state index contributed by atoms with van der Waals surface area (Å²) in [7, 11) is 0. The molecule has 0 saturated carbocycles. The van der Waals surface area contributed by atoms with Gasteiger partial charge in [0.15, 0.2) is 11.3 Å². The number of ketones is 1. The van der Waals surface area contributed by atoms with E-state index in [4.69, 9.17) is 0 Å². The Kier molecular flexibility index (Phi) is 6.26. The highest BCUT2D eigenvalue weighted by Crippen LogP contribution is 2.36. The molecule has 4 amide bonds. The highest BCUT2D eigenvalue weighted by Gasteiger charge is 2.54. The minimum absolute atomic E-state index is 0.144. The lowest BCUT2D eigenvalue weighted by Gasteiger charge is -2.28. The predicted molar refractivity (Wildman–Crippen MR) is 133 cm³/mol. The number of benzene rings is 3. The molecular formula is C28H27N3O4. The number of carbonyl (C=O) groups is 4. The average Bonchev–Trinajstić information content (AvgIpc) is 3.10. The number of hydrogen-bond acceptors (Lipinski definition) is 4. The Hall–Kier alpha value is -4.26. The van der Waals surface area contributed by atoms with Gasteiger partial charge in [-0.1, -0.05) is 81.4 Å². The van der Waals surface area contributed by atoms with Crippen molar-refractivity contribution in [1.82, 2.24) is 10.2 Å². The maximum absolute atomic E-state index is 13.7. The summed E-state index contributed by atoms with van der Waals surface area (Å²) in [6.45, 7) is 5.02. The lowest BCUT2D eigenvalue weighted by Crippen LogP contribution is -2.45. The Morgan fingerprint density at radius 3 is 1.83 bits per heavy atom. The Labute approximate surface area is 204 Å². The number of anilines is 1. The largest absolute Gasteiger partial charge is 0.326 e. The minimum atomic E-state index is -1.42. The number of nitrogens with one attached hydrogen (secondary N) is 2. The highest BCUT2D eigenvalue weighted by atomic mass is 16.2. The summed E-state index contributed by atoms with van der Waals surface area (Å²) in [6.07, 6.45) is 0. The molecule has 7 heteroatoms. The monoisotopic (exact) mass is 469 g/mol. The topological polar surface area (TPSA) is 95.6 Å². The standard InChI is InChI=1S/C28H27N3O4/c1-27(2,3)24(33)29-22-16-14-19(15-17-22)23(32)18-31-25(34)28(30-26(31)35,20-10-6-4-7-11-20)21-12-8-5-9-13-21/h4-17H,18H2,1-3H3,(H,29,33)(H,30,35). The van der Waals surface area contributed by atoms with E-state index in [0.29, 0.717) is 22.4 Å². The molecule has 0 unspecified atom stereocenters. The van der Waals surface area contributed by atoms with Crippen molar-refractivity contribution in [2.75, 3.05) is 11.9 Å². The molecule has 1 aliphatic heterocycles. The molecular weight excluding hydrogens is 442 g/mol. The van der Waals surface area contributed by atoms with Crippen molar-refractivity contribution >= 4 is 29.3 Å². The minimum Gasteiger partial charge on any atom is -0.326 e. The van der Waals surface area contributed by atoms with Gasteiger partial charge in [0.05, 0.1) is 6.54 Å². The number of rotatable bonds is 6. The molecule has 2 N–H and O–H groups in total. The first kappa shape index (κ1) is 23.9. The molecule has 35 heavy (non-hydrogen) atoms. The molecule has 0 aliphatic carbocycles. The second-order valence-corrected chi connectivity index (χ2v) is 9.51. The lowest BCUT2D eigenvalue weighted by atomic mass is 9.82. The molecule has 4 rings (SSSR count). The number of Topliss-reactive ketones (excluding diaryl/α,β-unsaturated/α-hetero) is 1. The first-order valence-corrected chi connectivity index (χ1v) is 11.3. The normalized spacial score (nSPS) is 15.0. The number of amides is 4. The zero-order valence-electron chi connectivity index (χ0n) is 19.9. The molecule has 7 nitrogen and oxygen atoms in total. The van der Waals surface area contributed by atoms with Crippen LogP contribution in [0.25, 0.3) is 0 Å². The first-order chi connectivity index (χ1) is 16.6. The van der Waals surface area contributed by atoms with Gasteiger partial charge in [0.2, 0.25) is 5.91 Å². The number of nitrogens with zero attached hydrogens (tertiary/aromatic N) is 1. The van der Waals surface area contributed by atoms with E-state index in [1.165, 1.54) is 0 Å². The number of carbonyl (C=O) groups excluding carboxylic acids is 4. The molecule has 0 spiro atoms. The summed E-state index contributed by atoms with van der Waals surface area (Å²) in [5.41, 5.74) is 0.139. The fraction of sp³-hybridized carbons (Fsp3) is 0.214. The number of imide groups is 1. The van der Waals surface area contributed by atoms with Crippen molar-refractivity contribution in [2.45, 2.75) is 26.3 Å². The van der Waals surface area contributed by atoms with E-state index in [9.17, 15) is 19.2 Å². The molecule has 1 heterocycles. The summed E-state index contributed by atoms with van der Waals surface area (Å²) in [5, 5.41) is 5.64. The zero-order valence-corrected chi connectivity index (χ0v) is 19.9. The van der Waals surface area contributed by atoms with E-state index >= 15 is 0 Å². The second kappa shape index (κ2) is 9.18. The van der Waals surface area contributed by atoms with E-state index in [1.807, 2.05) is 32.9 Å². The van der Waals surface area contributed by atoms with Gasteiger partial charge >= 0.3 is 6.03 Å². The van der Waals surface area contributed by atoms with Crippen molar-refractivity contribution in [1.29, 1.82) is 0 Å². The van der Waals surface area contributed by atoms with Gasteiger partial charge in [-0.15, -0.1) is 0 Å². The number of hydrogen-bond donors (Lipinski definition) is 2. The maximum Gasteiger partial charge on any atom is 0.325 e. The molecule has 0 bridgehead atoms. The van der Waals surface area contributed by atoms with E-state index in [0.717, 1.165) is 4.90 Å². The first-order valence-electron chi connectivity index (χ1n) is 11.3. The summed E-state index contributed by atoms with van der Waals surface area (Å²) in [4.78, 5) is 52.8. The van der Waals surface area contributed by atoms with Crippen LogP contribution in [0.1, 0.15) is 42.3 Å². The van der Waals surface area contributed by atoms with Crippen LogP contribution in [0.3, 0.4) is 0 Å². The molecule has 1 saturated heterocycles. The van der Waals surface area contributed by atoms with E-state index in [2.05, 4.69) is 10.6 Å². The summed E-state index contributed by atoms with van der Waals surface area (Å²) < 4.78 is 0. The molecule has 3 aromatic rings. The lowest BCUT2D eigenvalue weighted by molar-refractivity contribution is -0.130. The zero-order chi connectivity index (χ0) is 25.2. The van der Waals surface area contributed by atoms with Crippen molar-refractivity contribution in [3.05, 3.63) is 102 Å². The Morgan fingerprint density at radius 1 is 0.829 bits per heavy atom. The van der Waals surface area contributed by atoms with Crippen LogP contribution in [0, 0.1) is 5.41 Å². The maximum atomic E-state index is 13.7. The third kappa shape index (κ3) is 4.57. The number of urea groups is 1. The molecule has 3 aromatic carbocycles. The van der Waals surface area contributed by atoms with Crippen molar-refractivity contribution in [2.24, 2.45) is 5.41 Å². The summed E-state index contributed by atoms with van der Waals surface area (Å²) in [5.74, 6) is -1.05. The van der Waals surface area contributed by atoms with Crippen molar-refractivity contribution < 1.29 is 19.2 Å². The van der Waals surface area contributed by atoms with Crippen LogP contribution in [0.2, 0.25) is 0 Å². The summed E-state index contributed by atoms with van der Waals surface area (Å²) >= 11 is 0. The van der Waals surface area contributed by atoms with Crippen molar-refractivity contribution in [3.63, 3.8) is 0 Å². The Morgan fingerprint density at radius 2 is 1.34 bits per heavy atom. The smallest absolute Gasteiger partial charge is 0.325 e. The predicted octanol–water partition coefficient (Wildman–Crippen LogP) is 4.35. The van der Waals surface area contributed by atoms with Gasteiger partial charge in [0, 0.05) is 16.7 Å². The van der Waals surface area contributed by atoms with Crippen LogP contribution in [-0.4, -0.2) is 35.1 Å². The van der Waals surface area contributed by atoms with E-state index in [1.54, 1.807) is 72.8 Å². The molecule has 0 aromatic heterocycles. The Balaban J connectivity index is 1.57.